The highest BCUT2D eigenvalue weighted by Gasteiger charge is 2.40. The highest BCUT2D eigenvalue weighted by Crippen LogP contribution is 2.54. The summed E-state index contributed by atoms with van der Waals surface area (Å²) in [6, 6.07) is 39.8. The number of benzene rings is 6. The molecule has 0 heterocycles. The van der Waals surface area contributed by atoms with Crippen molar-refractivity contribution in [3.05, 3.63) is 109 Å². The Labute approximate surface area is 335 Å². The molecule has 0 amide bonds. The molecule has 0 aromatic heterocycles. The fourth-order valence-corrected chi connectivity index (χ4v) is 8.82. The summed E-state index contributed by atoms with van der Waals surface area (Å²) in [5, 5.41) is 7.26. The van der Waals surface area contributed by atoms with E-state index in [2.05, 4.69) is 215 Å². The van der Waals surface area contributed by atoms with Crippen LogP contribution >= 0.6 is 10.3 Å². The predicted molar refractivity (Wildman–Crippen MR) is 249 cm³/mol. The second-order valence-electron chi connectivity index (χ2n) is 19.6. The number of hydrogen-bond acceptors (Lipinski definition) is 4. The van der Waals surface area contributed by atoms with Gasteiger partial charge in [0.2, 0.25) is 16.6 Å². The first kappa shape index (κ1) is 40.7. The van der Waals surface area contributed by atoms with Gasteiger partial charge < -0.3 is 17.9 Å². The van der Waals surface area contributed by atoms with Crippen LogP contribution in [0.25, 0.3) is 32.3 Å². The Bertz CT molecular complexity index is 2100. The maximum atomic E-state index is 6.69. The van der Waals surface area contributed by atoms with Crippen molar-refractivity contribution in [1.29, 1.82) is 0 Å². The maximum absolute atomic E-state index is 6.69. The largest absolute Gasteiger partial charge is 0.543 e. The zero-order valence-electron chi connectivity index (χ0n) is 36.0. The lowest BCUT2D eigenvalue weighted by atomic mass is 10.0. The van der Waals surface area contributed by atoms with Crippen molar-refractivity contribution in [2.75, 3.05) is 17.4 Å². The van der Waals surface area contributed by atoms with E-state index < -0.39 is 26.9 Å². The fraction of sp³-hybridized carbons (Fsp3) is 0.375. The van der Waals surface area contributed by atoms with E-state index in [1.165, 1.54) is 26.9 Å². The molecule has 0 aliphatic carbocycles. The molecular formula is C48H63NO3SSi2. The average molecular weight is 790 g/mol. The SMILES string of the molecule is CC(C)(C)[Si](C)(C)Oc1ccc2cc(N(c3ccc4cc(O[Si](C)(C)C(C)(C)C)ccc4c3)c3ccc4cc(OS(C)(C)C(C)(C)C)ccc4c3)ccc2c1. The summed E-state index contributed by atoms with van der Waals surface area (Å²) in [6.45, 7) is 29.7. The highest BCUT2D eigenvalue weighted by atomic mass is 32.3. The van der Waals surface area contributed by atoms with Crippen molar-refractivity contribution in [2.45, 2.75) is 103 Å². The van der Waals surface area contributed by atoms with Crippen LogP contribution in [-0.2, 0) is 0 Å². The first-order valence-electron chi connectivity index (χ1n) is 19.6. The second kappa shape index (κ2) is 14.2. The van der Waals surface area contributed by atoms with Gasteiger partial charge in [-0.15, -0.1) is 0 Å². The maximum Gasteiger partial charge on any atom is 0.250 e. The molecule has 6 aromatic carbocycles. The number of nitrogens with zero attached hydrogens (tertiary/aromatic N) is 1. The minimum absolute atomic E-state index is 0.0741. The molecule has 0 N–H and O–H groups in total. The quantitative estimate of drug-likeness (QED) is 0.137. The smallest absolute Gasteiger partial charge is 0.250 e. The van der Waals surface area contributed by atoms with Gasteiger partial charge in [0, 0.05) is 21.8 Å². The van der Waals surface area contributed by atoms with Crippen LogP contribution in [0.4, 0.5) is 17.1 Å². The minimum Gasteiger partial charge on any atom is -0.543 e. The lowest BCUT2D eigenvalue weighted by Gasteiger charge is -2.43. The second-order valence-corrected chi connectivity index (χ2v) is 32.9. The Balaban J connectivity index is 1.42. The van der Waals surface area contributed by atoms with Crippen molar-refractivity contribution in [2.24, 2.45) is 0 Å². The van der Waals surface area contributed by atoms with Gasteiger partial charge in [-0.1, -0.05) is 88.2 Å². The molecule has 0 saturated heterocycles. The van der Waals surface area contributed by atoms with Gasteiger partial charge in [-0.2, -0.15) is 0 Å². The summed E-state index contributed by atoms with van der Waals surface area (Å²) in [4.78, 5) is 2.37. The van der Waals surface area contributed by atoms with Gasteiger partial charge in [0.25, 0.3) is 0 Å². The molecule has 0 aliphatic heterocycles. The van der Waals surface area contributed by atoms with Crippen LogP contribution in [0, 0.1) is 0 Å². The molecule has 0 aliphatic rings. The van der Waals surface area contributed by atoms with Gasteiger partial charge in [0.15, 0.2) is 0 Å². The van der Waals surface area contributed by atoms with Gasteiger partial charge >= 0.3 is 0 Å². The Morgan fingerprint density at radius 3 is 1.04 bits per heavy atom. The summed E-state index contributed by atoms with van der Waals surface area (Å²) < 4.78 is 20.1. The summed E-state index contributed by atoms with van der Waals surface area (Å²) in [5.41, 5.74) is 3.28. The van der Waals surface area contributed by atoms with Crippen molar-refractivity contribution in [3.8, 4) is 17.2 Å². The van der Waals surface area contributed by atoms with E-state index >= 15 is 0 Å². The van der Waals surface area contributed by atoms with Crippen LogP contribution in [0.3, 0.4) is 0 Å². The molecule has 292 valence electrons. The molecule has 6 aromatic rings. The molecule has 7 heteroatoms. The van der Waals surface area contributed by atoms with Crippen molar-refractivity contribution < 1.29 is 13.0 Å². The fourth-order valence-electron chi connectivity index (χ4n) is 5.94. The number of fused-ring (bicyclic) bond motifs is 3. The lowest BCUT2D eigenvalue weighted by molar-refractivity contribution is 0.492. The Hall–Kier alpha value is -3.92. The van der Waals surface area contributed by atoms with Gasteiger partial charge in [-0.3, -0.25) is 0 Å². The third-order valence-electron chi connectivity index (χ3n) is 12.3. The number of anilines is 3. The van der Waals surface area contributed by atoms with Gasteiger partial charge in [-0.25, -0.2) is 0 Å². The Kier molecular flexibility index (Phi) is 10.5. The summed E-state index contributed by atoms with van der Waals surface area (Å²) >= 11 is 0. The van der Waals surface area contributed by atoms with Crippen LogP contribution < -0.4 is 17.9 Å². The van der Waals surface area contributed by atoms with Crippen LogP contribution in [0.5, 0.6) is 17.2 Å². The van der Waals surface area contributed by atoms with Crippen LogP contribution in [0.1, 0.15) is 62.3 Å². The topological polar surface area (TPSA) is 30.9 Å². The van der Waals surface area contributed by atoms with Crippen molar-refractivity contribution in [1.82, 2.24) is 0 Å². The normalized spacial score (nSPS) is 13.7. The van der Waals surface area contributed by atoms with Crippen molar-refractivity contribution in [3.63, 3.8) is 0 Å². The monoisotopic (exact) mass is 789 g/mol. The van der Waals surface area contributed by atoms with E-state index in [4.69, 9.17) is 13.0 Å². The van der Waals surface area contributed by atoms with E-state index in [1.807, 2.05) is 0 Å². The molecule has 55 heavy (non-hydrogen) atoms. The Morgan fingerprint density at radius 1 is 0.418 bits per heavy atom. The van der Waals surface area contributed by atoms with Gasteiger partial charge in [0.05, 0.1) is 0 Å². The number of hydrogen-bond donors (Lipinski definition) is 0. The summed E-state index contributed by atoms with van der Waals surface area (Å²) in [6.07, 6.45) is 4.49. The Morgan fingerprint density at radius 2 is 0.709 bits per heavy atom. The van der Waals surface area contributed by atoms with E-state index in [0.29, 0.717) is 0 Å². The van der Waals surface area contributed by atoms with Crippen LogP contribution in [0.15, 0.2) is 109 Å². The summed E-state index contributed by atoms with van der Waals surface area (Å²) in [7, 11) is -5.24. The van der Waals surface area contributed by atoms with E-state index in [0.717, 1.165) is 39.7 Å². The van der Waals surface area contributed by atoms with E-state index in [1.54, 1.807) is 0 Å². The van der Waals surface area contributed by atoms with Gasteiger partial charge in [-0.05, 0) is 175 Å². The molecule has 0 saturated carbocycles. The standard InChI is InChI=1S/C48H63NO3SSi2/c1-46(2,3)53(10,11)50-43-25-19-34-28-40(22-16-37(34)31-43)49(41-23-17-38-32-44(26-20-35(38)29-41)51-54(12,13)47(4,5)6)42-24-18-39-33-45(27-21-36(39)30-42)52-55(14,15)48(7,8)9/h16-33H,1-15H3. The van der Waals surface area contributed by atoms with Gasteiger partial charge in [0.1, 0.15) is 17.2 Å². The molecule has 0 fully saturated rings. The number of rotatable bonds is 9. The van der Waals surface area contributed by atoms with Crippen molar-refractivity contribution >= 4 is 76.3 Å². The third kappa shape index (κ3) is 8.59. The first-order valence-corrected chi connectivity index (χ1v) is 27.7. The molecule has 4 nitrogen and oxygen atoms in total. The molecular weight excluding hydrogens is 727 g/mol. The van der Waals surface area contributed by atoms with Crippen LogP contribution in [-0.4, -0.2) is 33.9 Å². The summed E-state index contributed by atoms with van der Waals surface area (Å²) in [5.74, 6) is 2.81. The molecule has 6 rings (SSSR count). The predicted octanol–water partition coefficient (Wildman–Crippen LogP) is 15.5. The molecule has 0 atom stereocenters. The molecule has 0 unspecified atom stereocenters. The molecule has 0 bridgehead atoms. The minimum atomic E-state index is -1.96. The average Bonchev–Trinajstić information content (AvgIpc) is 3.06. The highest BCUT2D eigenvalue weighted by molar-refractivity contribution is 8.30. The zero-order valence-corrected chi connectivity index (χ0v) is 38.8. The van der Waals surface area contributed by atoms with E-state index in [-0.39, 0.29) is 14.8 Å². The lowest BCUT2D eigenvalue weighted by Crippen LogP contribution is -2.43. The van der Waals surface area contributed by atoms with E-state index in [9.17, 15) is 0 Å². The third-order valence-corrected chi connectivity index (χ3v) is 24.6. The first-order chi connectivity index (χ1) is 25.3. The zero-order chi connectivity index (χ0) is 40.4. The molecule has 0 spiro atoms. The molecule has 0 radical (unpaired) electrons. The van der Waals surface area contributed by atoms with Crippen LogP contribution in [0.2, 0.25) is 36.3 Å².